The number of nitrogens with zero attached hydrogens (tertiary/aromatic N) is 4. The molecule has 8 nitrogen and oxygen atoms in total. The summed E-state index contributed by atoms with van der Waals surface area (Å²) in [6.07, 6.45) is 0.813. The van der Waals surface area contributed by atoms with E-state index < -0.39 is 6.03 Å². The van der Waals surface area contributed by atoms with Crippen molar-refractivity contribution in [3.8, 4) is 0 Å². The molecule has 3 aromatic rings. The summed E-state index contributed by atoms with van der Waals surface area (Å²) in [5, 5.41) is 14.1. The quantitative estimate of drug-likeness (QED) is 0.481. The van der Waals surface area contributed by atoms with Crippen LogP contribution in [0.3, 0.4) is 0 Å². The van der Waals surface area contributed by atoms with Crippen LogP contribution in [0.25, 0.3) is 10.2 Å². The number of thiazole rings is 1. The Balaban J connectivity index is 1.55. The van der Waals surface area contributed by atoms with Crippen molar-refractivity contribution in [2.45, 2.75) is 42.1 Å². The summed E-state index contributed by atoms with van der Waals surface area (Å²) < 4.78 is 4.14. The van der Waals surface area contributed by atoms with Gasteiger partial charge in [0.1, 0.15) is 5.82 Å². The first-order valence-electron chi connectivity index (χ1n) is 9.21. The number of hydrogen-bond acceptors (Lipinski definition) is 8. The smallest absolute Gasteiger partial charge is 0.321 e. The maximum Gasteiger partial charge on any atom is 0.321 e. The fourth-order valence-electron chi connectivity index (χ4n) is 2.46. The molecule has 1 aromatic carbocycles. The van der Waals surface area contributed by atoms with Crippen LogP contribution in [0.5, 0.6) is 0 Å². The van der Waals surface area contributed by atoms with Gasteiger partial charge < -0.3 is 9.88 Å². The maximum absolute atomic E-state index is 11.9. The predicted octanol–water partition coefficient (Wildman–Crippen LogP) is 3.53. The molecule has 0 radical (unpaired) electrons. The van der Waals surface area contributed by atoms with Crippen molar-refractivity contribution in [3.63, 3.8) is 0 Å². The Morgan fingerprint density at radius 3 is 2.76 bits per heavy atom. The molecule has 0 bridgehead atoms. The van der Waals surface area contributed by atoms with Crippen molar-refractivity contribution in [1.82, 2.24) is 30.4 Å². The number of thioether (sulfide) groups is 2. The average molecular weight is 451 g/mol. The molecule has 0 aliphatic heterocycles. The van der Waals surface area contributed by atoms with Gasteiger partial charge in [0, 0.05) is 13.1 Å². The van der Waals surface area contributed by atoms with Crippen LogP contribution < -0.4 is 10.6 Å². The van der Waals surface area contributed by atoms with Gasteiger partial charge in [0.25, 0.3) is 0 Å². The van der Waals surface area contributed by atoms with Gasteiger partial charge >= 0.3 is 6.03 Å². The topological polar surface area (TPSA) is 102 Å². The number of fused-ring (bicyclic) bond motifs is 1. The first-order valence-corrected chi connectivity index (χ1v) is 12.0. The number of carbonyl (C=O) groups is 2. The summed E-state index contributed by atoms with van der Waals surface area (Å²) in [5.74, 6) is 1.22. The molecule has 0 unspecified atom stereocenters. The van der Waals surface area contributed by atoms with E-state index in [-0.39, 0.29) is 11.7 Å². The van der Waals surface area contributed by atoms with Gasteiger partial charge in [0.15, 0.2) is 9.50 Å². The molecule has 29 heavy (non-hydrogen) atoms. The lowest BCUT2D eigenvalue weighted by Gasteiger charge is -2.07. The number of benzene rings is 1. The molecule has 154 valence electrons. The Morgan fingerprint density at radius 2 is 2.00 bits per heavy atom. The van der Waals surface area contributed by atoms with Crippen LogP contribution in [-0.4, -0.2) is 44.0 Å². The molecule has 2 heterocycles. The number of nitrogens with one attached hydrogen (secondary N) is 2. The third-order valence-electron chi connectivity index (χ3n) is 3.83. The molecular weight excluding hydrogens is 428 g/mol. The van der Waals surface area contributed by atoms with Gasteiger partial charge in [-0.05, 0) is 25.5 Å². The zero-order chi connectivity index (χ0) is 20.6. The molecule has 3 amide bonds. The number of para-hydroxylation sites is 1. The highest BCUT2D eigenvalue weighted by molar-refractivity contribution is 8.00. The van der Waals surface area contributed by atoms with E-state index in [1.807, 2.05) is 36.6 Å². The van der Waals surface area contributed by atoms with Gasteiger partial charge in [0.2, 0.25) is 5.91 Å². The second-order valence-electron chi connectivity index (χ2n) is 5.97. The van der Waals surface area contributed by atoms with Crippen LogP contribution >= 0.6 is 34.9 Å². The molecule has 3 rings (SSSR count). The van der Waals surface area contributed by atoms with Crippen LogP contribution in [0, 0.1) is 0 Å². The highest BCUT2D eigenvalue weighted by Gasteiger charge is 2.15. The van der Waals surface area contributed by atoms with Crippen LogP contribution in [0.15, 0.2) is 33.8 Å². The van der Waals surface area contributed by atoms with Crippen molar-refractivity contribution in [2.75, 3.05) is 12.3 Å². The molecule has 2 aromatic heterocycles. The number of aromatic nitrogens is 4. The summed E-state index contributed by atoms with van der Waals surface area (Å²) in [7, 11) is 0. The van der Waals surface area contributed by atoms with Crippen molar-refractivity contribution in [2.24, 2.45) is 0 Å². The Kier molecular flexibility index (Phi) is 7.90. The molecular formula is C18H22N6O2S3. The number of imide groups is 1. The molecule has 0 spiro atoms. The summed E-state index contributed by atoms with van der Waals surface area (Å²) >= 11 is 4.55. The highest BCUT2D eigenvalue weighted by atomic mass is 32.2. The minimum atomic E-state index is -0.470. The van der Waals surface area contributed by atoms with Crippen LogP contribution in [-0.2, 0) is 17.1 Å². The molecule has 0 saturated carbocycles. The summed E-state index contributed by atoms with van der Waals surface area (Å²) in [5.41, 5.74) is 1.00. The van der Waals surface area contributed by atoms with Gasteiger partial charge in [-0.1, -0.05) is 42.6 Å². The molecule has 0 fully saturated rings. The normalized spacial score (nSPS) is 11.0. The van der Waals surface area contributed by atoms with Gasteiger partial charge in [-0.25, -0.2) is 9.78 Å². The standard InChI is InChI=1S/C18H22N6O2S3/c1-3-9-19-16(26)21-15(25)11-27-17-23-22-14(24(17)4-2)10-28-18-20-12-7-5-6-8-13(12)29-18/h5-8H,3-4,9-11H2,1-2H3,(H2,19,21,25,26). The number of urea groups is 1. The van der Waals surface area contributed by atoms with E-state index in [1.54, 1.807) is 23.1 Å². The lowest BCUT2D eigenvalue weighted by molar-refractivity contribution is -0.117. The highest BCUT2D eigenvalue weighted by Crippen LogP contribution is 2.31. The average Bonchev–Trinajstić information content (AvgIpc) is 3.31. The summed E-state index contributed by atoms with van der Waals surface area (Å²) in [6.45, 7) is 5.19. The third-order valence-corrected chi connectivity index (χ3v) is 6.97. The van der Waals surface area contributed by atoms with Crippen LogP contribution in [0.2, 0.25) is 0 Å². The Morgan fingerprint density at radius 1 is 1.17 bits per heavy atom. The lowest BCUT2D eigenvalue weighted by Crippen LogP contribution is -2.40. The SMILES string of the molecule is CCCNC(=O)NC(=O)CSc1nnc(CSc2nc3ccccc3s2)n1CC. The first-order chi connectivity index (χ1) is 14.1. The largest absolute Gasteiger partial charge is 0.338 e. The zero-order valence-corrected chi connectivity index (χ0v) is 18.6. The molecule has 0 atom stereocenters. The minimum Gasteiger partial charge on any atom is -0.338 e. The number of amides is 3. The fraction of sp³-hybridized carbons (Fsp3) is 0.389. The lowest BCUT2D eigenvalue weighted by atomic mass is 10.3. The van der Waals surface area contributed by atoms with Crippen molar-refractivity contribution >= 4 is 57.0 Å². The van der Waals surface area contributed by atoms with E-state index in [1.165, 1.54) is 11.8 Å². The van der Waals surface area contributed by atoms with Gasteiger partial charge in [-0.3, -0.25) is 10.1 Å². The van der Waals surface area contributed by atoms with Crippen LogP contribution in [0.4, 0.5) is 4.79 Å². The van der Waals surface area contributed by atoms with E-state index in [4.69, 9.17) is 0 Å². The molecule has 0 aliphatic carbocycles. The van der Waals surface area contributed by atoms with Gasteiger partial charge in [-0.2, -0.15) is 0 Å². The van der Waals surface area contributed by atoms with Gasteiger partial charge in [-0.15, -0.1) is 21.5 Å². The summed E-state index contributed by atoms with van der Waals surface area (Å²) in [4.78, 5) is 28.1. The van der Waals surface area contributed by atoms with Gasteiger partial charge in [0.05, 0.1) is 21.7 Å². The molecule has 0 aliphatic rings. The first kappa shape index (κ1) is 21.6. The van der Waals surface area contributed by atoms with Crippen LogP contribution in [0.1, 0.15) is 26.1 Å². The summed E-state index contributed by atoms with van der Waals surface area (Å²) in [6, 6.07) is 7.59. The molecule has 11 heteroatoms. The third kappa shape index (κ3) is 5.94. The fourth-order valence-corrected chi connectivity index (χ4v) is 5.29. The van der Waals surface area contributed by atoms with E-state index in [2.05, 4.69) is 31.9 Å². The van der Waals surface area contributed by atoms with Crippen molar-refractivity contribution in [3.05, 3.63) is 30.1 Å². The molecule has 2 N–H and O–H groups in total. The van der Waals surface area contributed by atoms with Crippen molar-refractivity contribution < 1.29 is 9.59 Å². The maximum atomic E-state index is 11.9. The second kappa shape index (κ2) is 10.6. The Labute approximate surface area is 181 Å². The number of rotatable bonds is 9. The van der Waals surface area contributed by atoms with E-state index >= 15 is 0 Å². The molecule has 0 saturated heterocycles. The van der Waals surface area contributed by atoms with E-state index in [9.17, 15) is 9.59 Å². The zero-order valence-electron chi connectivity index (χ0n) is 16.2. The second-order valence-corrected chi connectivity index (χ2v) is 9.17. The number of carbonyl (C=O) groups excluding carboxylic acids is 2. The van der Waals surface area contributed by atoms with Crippen molar-refractivity contribution in [1.29, 1.82) is 0 Å². The minimum absolute atomic E-state index is 0.0999. The predicted molar refractivity (Wildman–Crippen MR) is 117 cm³/mol. The van der Waals surface area contributed by atoms with E-state index in [0.29, 0.717) is 24.0 Å². The monoisotopic (exact) mass is 450 g/mol. The Hall–Kier alpha value is -2.11. The number of hydrogen-bond donors (Lipinski definition) is 2. The van der Waals surface area contributed by atoms with E-state index in [0.717, 1.165) is 26.8 Å². The Bertz CT molecular complexity index is 954.